The third kappa shape index (κ3) is 14.2. The average Bonchev–Trinajstić information content (AvgIpc) is 2.62. The molecule has 0 aliphatic carbocycles. The van der Waals surface area contributed by atoms with E-state index in [1.807, 2.05) is 0 Å². The number of carbonyl (C=O) groups is 1. The summed E-state index contributed by atoms with van der Waals surface area (Å²) in [4.78, 5) is 11.5. The Hall–Kier alpha value is -0.690. The van der Waals surface area contributed by atoms with E-state index >= 15 is 0 Å². The van der Waals surface area contributed by atoms with Gasteiger partial charge in [-0.3, -0.25) is 0 Å². The van der Waals surface area contributed by atoms with Crippen LogP contribution in [0, 0.1) is 0 Å². The third-order valence-corrected chi connectivity index (χ3v) is 4.34. The summed E-state index contributed by atoms with van der Waals surface area (Å²) >= 11 is 0. The number of unbranched alkanes of at least 4 members (excludes halogenated alkanes) is 10. The van der Waals surface area contributed by atoms with Crippen LogP contribution in [0.2, 0.25) is 0 Å². The molecule has 3 atom stereocenters. The largest absolute Gasteiger partial charge is 0.461 e. The maximum absolute atomic E-state index is 11.5. The summed E-state index contributed by atoms with van der Waals surface area (Å²) in [6.07, 6.45) is 9.58. The number of aliphatic hydroxyl groups is 4. The topological polar surface area (TPSA) is 107 Å². The predicted molar refractivity (Wildman–Crippen MR) is 97.1 cm³/mol. The first-order valence-corrected chi connectivity index (χ1v) is 9.84. The Kier molecular flexibility index (Phi) is 16.3. The molecule has 0 aliphatic heterocycles. The zero-order chi connectivity index (χ0) is 18.9. The molecule has 0 heterocycles. The van der Waals surface area contributed by atoms with Gasteiger partial charge in [0.1, 0.15) is 12.7 Å². The molecule has 0 bridgehead atoms. The molecule has 0 aromatic rings. The lowest BCUT2D eigenvalue weighted by atomic mass is 10.0. The minimum absolute atomic E-state index is 0.343. The lowest BCUT2D eigenvalue weighted by molar-refractivity contribution is -0.163. The summed E-state index contributed by atoms with van der Waals surface area (Å²) in [5.74, 6) is -0.969. The molecule has 150 valence electrons. The Balaban J connectivity index is 3.53. The summed E-state index contributed by atoms with van der Waals surface area (Å²) in [5.41, 5.74) is 0. The van der Waals surface area contributed by atoms with Gasteiger partial charge in [-0.25, -0.2) is 4.79 Å². The Labute approximate surface area is 152 Å². The number of hydrogen-bond acceptors (Lipinski definition) is 6. The molecule has 0 spiro atoms. The van der Waals surface area contributed by atoms with Crippen LogP contribution in [0.15, 0.2) is 0 Å². The van der Waals surface area contributed by atoms with Crippen LogP contribution in [0.4, 0.5) is 0 Å². The first-order chi connectivity index (χ1) is 12.0. The van der Waals surface area contributed by atoms with E-state index in [-0.39, 0.29) is 0 Å². The van der Waals surface area contributed by atoms with Crippen molar-refractivity contribution in [1.82, 2.24) is 0 Å². The van der Waals surface area contributed by atoms with Gasteiger partial charge in [-0.05, 0) is 6.42 Å². The minimum atomic E-state index is -1.60. The maximum Gasteiger partial charge on any atom is 0.337 e. The van der Waals surface area contributed by atoms with Gasteiger partial charge in [-0.15, -0.1) is 0 Å². The highest BCUT2D eigenvalue weighted by Gasteiger charge is 2.25. The first kappa shape index (κ1) is 24.3. The fraction of sp³-hybridized carbons (Fsp3) is 0.947. The van der Waals surface area contributed by atoms with E-state index in [9.17, 15) is 15.0 Å². The van der Waals surface area contributed by atoms with E-state index in [0.717, 1.165) is 19.3 Å². The molecule has 6 heteroatoms. The Morgan fingerprint density at radius 3 is 1.80 bits per heavy atom. The molecule has 0 saturated heterocycles. The summed E-state index contributed by atoms with van der Waals surface area (Å²) in [7, 11) is 0. The zero-order valence-corrected chi connectivity index (χ0v) is 15.7. The molecule has 0 aromatic carbocycles. The standard InChI is InChI=1S/C19H38O6/c1-2-3-4-5-6-7-8-9-10-11-12-13-17(22)18(23)19(24)25-15-16(21)14-20/h16-18,20-23H,2-15H2,1H3. The Bertz CT molecular complexity index is 310. The summed E-state index contributed by atoms with van der Waals surface area (Å²) < 4.78 is 4.63. The van der Waals surface area contributed by atoms with E-state index in [1.54, 1.807) is 0 Å². The number of aliphatic hydroxyl groups excluding tert-OH is 4. The average molecular weight is 363 g/mol. The normalized spacial score (nSPS) is 14.9. The number of carbonyl (C=O) groups excluding carboxylic acids is 1. The monoisotopic (exact) mass is 362 g/mol. The Morgan fingerprint density at radius 1 is 0.840 bits per heavy atom. The van der Waals surface area contributed by atoms with Crippen molar-refractivity contribution in [2.24, 2.45) is 0 Å². The van der Waals surface area contributed by atoms with Gasteiger partial charge >= 0.3 is 5.97 Å². The molecule has 0 rings (SSSR count). The van der Waals surface area contributed by atoms with Crippen LogP contribution >= 0.6 is 0 Å². The minimum Gasteiger partial charge on any atom is -0.461 e. The van der Waals surface area contributed by atoms with Gasteiger partial charge in [0, 0.05) is 0 Å². The highest BCUT2D eigenvalue weighted by Crippen LogP contribution is 2.13. The fourth-order valence-corrected chi connectivity index (χ4v) is 2.65. The molecule has 0 radical (unpaired) electrons. The second kappa shape index (κ2) is 16.8. The van der Waals surface area contributed by atoms with Crippen LogP contribution in [0.3, 0.4) is 0 Å². The van der Waals surface area contributed by atoms with Gasteiger partial charge in [0.05, 0.1) is 12.7 Å². The van der Waals surface area contributed by atoms with Gasteiger partial charge in [0.25, 0.3) is 0 Å². The van der Waals surface area contributed by atoms with Crippen LogP contribution in [0.5, 0.6) is 0 Å². The van der Waals surface area contributed by atoms with Gasteiger partial charge in [0.2, 0.25) is 0 Å². The number of hydrogen-bond donors (Lipinski definition) is 4. The van der Waals surface area contributed by atoms with Crippen LogP contribution in [0.1, 0.15) is 84.0 Å². The summed E-state index contributed by atoms with van der Waals surface area (Å²) in [6, 6.07) is 0. The number of ether oxygens (including phenoxy) is 1. The van der Waals surface area contributed by atoms with Crippen molar-refractivity contribution in [3.63, 3.8) is 0 Å². The Morgan fingerprint density at radius 2 is 1.32 bits per heavy atom. The number of rotatable bonds is 17. The molecule has 3 unspecified atom stereocenters. The lowest BCUT2D eigenvalue weighted by Gasteiger charge is -2.17. The fourth-order valence-electron chi connectivity index (χ4n) is 2.65. The van der Waals surface area contributed by atoms with E-state index in [0.29, 0.717) is 6.42 Å². The van der Waals surface area contributed by atoms with Crippen LogP contribution < -0.4 is 0 Å². The molecule has 25 heavy (non-hydrogen) atoms. The van der Waals surface area contributed by atoms with Crippen molar-refractivity contribution in [3.05, 3.63) is 0 Å². The van der Waals surface area contributed by atoms with Crippen LogP contribution in [-0.2, 0) is 9.53 Å². The first-order valence-electron chi connectivity index (χ1n) is 9.84. The third-order valence-electron chi connectivity index (χ3n) is 4.34. The smallest absolute Gasteiger partial charge is 0.337 e. The van der Waals surface area contributed by atoms with Crippen molar-refractivity contribution < 1.29 is 30.0 Å². The molecule has 0 amide bonds. The van der Waals surface area contributed by atoms with E-state index in [1.165, 1.54) is 51.4 Å². The summed E-state index contributed by atoms with van der Waals surface area (Å²) in [5, 5.41) is 37.1. The van der Waals surface area contributed by atoms with Gasteiger partial charge in [-0.2, -0.15) is 0 Å². The van der Waals surface area contributed by atoms with Crippen LogP contribution in [0.25, 0.3) is 0 Å². The summed E-state index contributed by atoms with van der Waals surface area (Å²) in [6.45, 7) is 1.31. The van der Waals surface area contributed by atoms with E-state index in [4.69, 9.17) is 10.2 Å². The molecule has 0 fully saturated rings. The van der Waals surface area contributed by atoms with Crippen molar-refractivity contribution in [1.29, 1.82) is 0 Å². The van der Waals surface area contributed by atoms with Crippen molar-refractivity contribution in [3.8, 4) is 0 Å². The van der Waals surface area contributed by atoms with Crippen molar-refractivity contribution in [2.45, 2.75) is 102 Å². The second-order valence-electron chi connectivity index (χ2n) is 6.80. The van der Waals surface area contributed by atoms with Gasteiger partial charge in [-0.1, -0.05) is 77.6 Å². The lowest BCUT2D eigenvalue weighted by Crippen LogP contribution is -2.37. The molecule has 0 saturated carbocycles. The van der Waals surface area contributed by atoms with E-state index in [2.05, 4.69) is 11.7 Å². The van der Waals surface area contributed by atoms with Gasteiger partial charge in [0.15, 0.2) is 6.10 Å². The second-order valence-corrected chi connectivity index (χ2v) is 6.80. The molecule has 4 N–H and O–H groups in total. The zero-order valence-electron chi connectivity index (χ0n) is 15.7. The predicted octanol–water partition coefficient (Wildman–Crippen LogP) is 2.31. The highest BCUT2D eigenvalue weighted by atomic mass is 16.6. The van der Waals surface area contributed by atoms with E-state index < -0.39 is 37.5 Å². The SMILES string of the molecule is CCCCCCCCCCCCCC(O)C(O)C(=O)OCC(O)CO. The van der Waals surface area contributed by atoms with Gasteiger partial charge < -0.3 is 25.2 Å². The van der Waals surface area contributed by atoms with Crippen molar-refractivity contribution in [2.75, 3.05) is 13.2 Å². The molecule has 0 aliphatic rings. The van der Waals surface area contributed by atoms with Crippen LogP contribution in [-0.4, -0.2) is 57.9 Å². The molecule has 6 nitrogen and oxygen atoms in total. The van der Waals surface area contributed by atoms with Crippen molar-refractivity contribution >= 4 is 5.97 Å². The molecule has 0 aromatic heterocycles. The quantitative estimate of drug-likeness (QED) is 0.234. The highest BCUT2D eigenvalue weighted by molar-refractivity contribution is 5.75. The molecular weight excluding hydrogens is 324 g/mol. The molecular formula is C19H38O6. The maximum atomic E-state index is 11.5. The number of esters is 1.